The molecule has 0 aromatic heterocycles. The highest BCUT2D eigenvalue weighted by molar-refractivity contribution is 7.89. The molecule has 1 heterocycles. The summed E-state index contributed by atoms with van der Waals surface area (Å²) in [5.41, 5.74) is 5.78. The van der Waals surface area contributed by atoms with Gasteiger partial charge in [-0.3, -0.25) is 9.59 Å². The van der Waals surface area contributed by atoms with Crippen molar-refractivity contribution in [3.8, 4) is 0 Å². The Balaban J connectivity index is 1.70. The molecule has 160 valence electrons. The van der Waals surface area contributed by atoms with Gasteiger partial charge in [-0.25, -0.2) is 12.8 Å². The predicted octanol–water partition coefficient (Wildman–Crippen LogP) is 1.91. The molecule has 1 aliphatic rings. The molecule has 9 heteroatoms. The van der Waals surface area contributed by atoms with E-state index >= 15 is 0 Å². The largest absolute Gasteiger partial charge is 0.368 e. The van der Waals surface area contributed by atoms with Crippen LogP contribution in [0.3, 0.4) is 0 Å². The fourth-order valence-electron chi connectivity index (χ4n) is 3.76. The van der Waals surface area contributed by atoms with E-state index in [1.807, 2.05) is 0 Å². The van der Waals surface area contributed by atoms with Gasteiger partial charge in [0.05, 0.1) is 4.90 Å². The van der Waals surface area contributed by atoms with E-state index in [4.69, 9.17) is 5.73 Å². The first kappa shape index (κ1) is 21.9. The average molecular weight is 434 g/mol. The van der Waals surface area contributed by atoms with Gasteiger partial charge in [-0.15, -0.1) is 0 Å². The zero-order valence-corrected chi connectivity index (χ0v) is 17.4. The lowest BCUT2D eigenvalue weighted by atomic mass is 9.95. The lowest BCUT2D eigenvalue weighted by molar-refractivity contribution is -0.142. The summed E-state index contributed by atoms with van der Waals surface area (Å²) in [6.45, 7) is 0.394. The van der Waals surface area contributed by atoms with E-state index in [1.165, 1.54) is 52.7 Å². The monoisotopic (exact) mass is 433 g/mol. The summed E-state index contributed by atoms with van der Waals surface area (Å²) in [5.74, 6) is -2.06. The van der Waals surface area contributed by atoms with Crippen LogP contribution in [0.5, 0.6) is 0 Å². The Kier molecular flexibility index (Phi) is 6.52. The fourth-order valence-corrected chi connectivity index (χ4v) is 5.25. The summed E-state index contributed by atoms with van der Waals surface area (Å²) < 4.78 is 40.4. The fraction of sp³-hybridized carbons (Fsp3) is 0.333. The molecule has 2 amide bonds. The predicted molar refractivity (Wildman–Crippen MR) is 109 cm³/mol. The number of piperidine rings is 1. The quantitative estimate of drug-likeness (QED) is 0.752. The van der Waals surface area contributed by atoms with Crippen LogP contribution in [0.15, 0.2) is 59.5 Å². The molecule has 1 aliphatic heterocycles. The summed E-state index contributed by atoms with van der Waals surface area (Å²) >= 11 is 0. The minimum atomic E-state index is -3.62. The van der Waals surface area contributed by atoms with Crippen molar-refractivity contribution in [1.82, 2.24) is 9.21 Å². The number of hydrogen-bond acceptors (Lipinski definition) is 4. The van der Waals surface area contributed by atoms with Crippen LogP contribution in [0.4, 0.5) is 4.39 Å². The zero-order chi connectivity index (χ0) is 21.9. The number of nitrogens with two attached hydrogens (primary N) is 1. The highest BCUT2D eigenvalue weighted by atomic mass is 32.2. The van der Waals surface area contributed by atoms with Gasteiger partial charge in [-0.05, 0) is 42.7 Å². The minimum Gasteiger partial charge on any atom is -0.368 e. The number of primary amides is 1. The van der Waals surface area contributed by atoms with E-state index < -0.39 is 33.7 Å². The lowest BCUT2D eigenvalue weighted by Gasteiger charge is -2.34. The summed E-state index contributed by atoms with van der Waals surface area (Å²) in [7, 11) is -2.16. The summed E-state index contributed by atoms with van der Waals surface area (Å²) in [6, 6.07) is 12.5. The van der Waals surface area contributed by atoms with E-state index in [9.17, 15) is 22.4 Å². The Labute approximate surface area is 175 Å². The highest BCUT2D eigenvalue weighted by Crippen LogP contribution is 2.28. The topological polar surface area (TPSA) is 101 Å². The first-order valence-electron chi connectivity index (χ1n) is 9.58. The van der Waals surface area contributed by atoms with Crippen LogP contribution in [0, 0.1) is 11.7 Å². The van der Waals surface area contributed by atoms with Gasteiger partial charge in [0, 0.05) is 26.1 Å². The number of halogens is 1. The molecule has 3 rings (SSSR count). The van der Waals surface area contributed by atoms with Crippen LogP contribution in [0.2, 0.25) is 0 Å². The summed E-state index contributed by atoms with van der Waals surface area (Å²) in [6.07, 6.45) is 0.647. The van der Waals surface area contributed by atoms with Crippen LogP contribution in [-0.4, -0.2) is 49.6 Å². The van der Waals surface area contributed by atoms with E-state index in [-0.39, 0.29) is 23.9 Å². The molecule has 2 N–H and O–H groups in total. The third kappa shape index (κ3) is 4.52. The molecule has 1 saturated heterocycles. The van der Waals surface area contributed by atoms with Crippen LogP contribution >= 0.6 is 0 Å². The second-order valence-corrected chi connectivity index (χ2v) is 9.24. The Morgan fingerprint density at radius 3 is 2.30 bits per heavy atom. The number of rotatable bonds is 6. The molecule has 0 radical (unpaired) electrons. The molecule has 0 bridgehead atoms. The van der Waals surface area contributed by atoms with Crippen molar-refractivity contribution in [2.75, 3.05) is 20.1 Å². The number of carbonyl (C=O) groups excluding carboxylic acids is 2. The molecule has 0 saturated carbocycles. The number of hydrogen-bond donors (Lipinski definition) is 1. The Bertz CT molecular complexity index is 1020. The molecule has 1 unspecified atom stereocenters. The van der Waals surface area contributed by atoms with Gasteiger partial charge < -0.3 is 10.6 Å². The van der Waals surface area contributed by atoms with Crippen molar-refractivity contribution in [3.63, 3.8) is 0 Å². The van der Waals surface area contributed by atoms with Crippen LogP contribution in [0.25, 0.3) is 0 Å². The van der Waals surface area contributed by atoms with E-state index in [2.05, 4.69) is 0 Å². The molecule has 1 fully saturated rings. The molecule has 0 aliphatic carbocycles. The molecule has 30 heavy (non-hydrogen) atoms. The molecule has 2 aromatic rings. The number of amides is 2. The molecular formula is C21H24FN3O4S. The van der Waals surface area contributed by atoms with E-state index in [0.717, 1.165) is 0 Å². The van der Waals surface area contributed by atoms with Gasteiger partial charge in [-0.2, -0.15) is 4.31 Å². The van der Waals surface area contributed by atoms with Crippen molar-refractivity contribution < 1.29 is 22.4 Å². The number of likely N-dealkylation sites (N-methyl/N-ethyl adjacent to an activating group) is 1. The van der Waals surface area contributed by atoms with Gasteiger partial charge in [0.1, 0.15) is 11.9 Å². The second-order valence-electron chi connectivity index (χ2n) is 7.30. The lowest BCUT2D eigenvalue weighted by Crippen LogP contribution is -2.46. The minimum absolute atomic E-state index is 0.197. The van der Waals surface area contributed by atoms with Gasteiger partial charge in [0.2, 0.25) is 21.8 Å². The van der Waals surface area contributed by atoms with E-state index in [1.54, 1.807) is 18.2 Å². The Hall–Kier alpha value is -2.78. The maximum atomic E-state index is 13.6. The van der Waals surface area contributed by atoms with Crippen molar-refractivity contribution in [3.05, 3.63) is 66.0 Å². The second kappa shape index (κ2) is 8.93. The Morgan fingerprint density at radius 1 is 1.10 bits per heavy atom. The smallest absolute Gasteiger partial charge is 0.244 e. The number of nitrogens with zero attached hydrogens (tertiary/aromatic N) is 2. The SMILES string of the molecule is CN(C(=O)C1CCN(S(=O)(=O)c2ccccc2)CC1)C(C(N)=O)c1cccc(F)c1. The average Bonchev–Trinajstić information content (AvgIpc) is 2.74. The first-order valence-corrected chi connectivity index (χ1v) is 11.0. The number of sulfonamides is 1. The van der Waals surface area contributed by atoms with Crippen LogP contribution in [-0.2, 0) is 19.6 Å². The molecule has 7 nitrogen and oxygen atoms in total. The van der Waals surface area contributed by atoms with Gasteiger partial charge in [0.15, 0.2) is 0 Å². The standard InChI is InChI=1S/C21H24FN3O4S/c1-24(19(20(23)26)16-6-5-7-17(22)14-16)21(27)15-10-12-25(13-11-15)30(28,29)18-8-3-2-4-9-18/h2-9,14-15,19H,10-13H2,1H3,(H2,23,26). The summed E-state index contributed by atoms with van der Waals surface area (Å²) in [4.78, 5) is 26.4. The van der Waals surface area contributed by atoms with Crippen LogP contribution < -0.4 is 5.73 Å². The van der Waals surface area contributed by atoms with E-state index in [0.29, 0.717) is 18.4 Å². The van der Waals surface area contributed by atoms with Gasteiger partial charge in [0.25, 0.3) is 0 Å². The van der Waals surface area contributed by atoms with Crippen molar-refractivity contribution in [1.29, 1.82) is 0 Å². The Morgan fingerprint density at radius 2 is 1.73 bits per heavy atom. The normalized spacial score (nSPS) is 16.7. The molecule has 2 aromatic carbocycles. The number of carbonyl (C=O) groups is 2. The highest BCUT2D eigenvalue weighted by Gasteiger charge is 2.36. The molecule has 0 spiro atoms. The summed E-state index contributed by atoms with van der Waals surface area (Å²) in [5, 5.41) is 0. The first-order chi connectivity index (χ1) is 14.2. The maximum Gasteiger partial charge on any atom is 0.244 e. The van der Waals surface area contributed by atoms with Gasteiger partial charge >= 0.3 is 0 Å². The van der Waals surface area contributed by atoms with Crippen molar-refractivity contribution in [2.24, 2.45) is 11.7 Å². The van der Waals surface area contributed by atoms with Crippen LogP contribution in [0.1, 0.15) is 24.4 Å². The van der Waals surface area contributed by atoms with Crippen molar-refractivity contribution in [2.45, 2.75) is 23.8 Å². The number of benzene rings is 2. The maximum absolute atomic E-state index is 13.6. The third-order valence-corrected chi connectivity index (χ3v) is 7.27. The molecule has 1 atom stereocenters. The van der Waals surface area contributed by atoms with Gasteiger partial charge in [-0.1, -0.05) is 30.3 Å². The van der Waals surface area contributed by atoms with Crippen molar-refractivity contribution >= 4 is 21.8 Å². The third-order valence-electron chi connectivity index (χ3n) is 5.35. The molecular weight excluding hydrogens is 409 g/mol. The zero-order valence-electron chi connectivity index (χ0n) is 16.6.